The smallest absolute Gasteiger partial charge is 0.381 e. The van der Waals surface area contributed by atoms with Crippen molar-refractivity contribution in [3.05, 3.63) is 89.0 Å². The molecule has 5 rings (SSSR count). The van der Waals surface area contributed by atoms with E-state index in [0.29, 0.717) is 36.4 Å². The molecule has 8 heteroatoms. The summed E-state index contributed by atoms with van der Waals surface area (Å²) in [7, 11) is 0. The van der Waals surface area contributed by atoms with E-state index in [2.05, 4.69) is 17.5 Å². The average molecular weight is 554 g/mol. The molecule has 0 bridgehead atoms. The van der Waals surface area contributed by atoms with Gasteiger partial charge < -0.3 is 20.7 Å². The number of nitrogens with two attached hydrogens (primary N) is 1. The number of halogens is 3. The number of carbonyl (C=O) groups is 1. The number of aryl methyl sites for hydroxylation is 1. The summed E-state index contributed by atoms with van der Waals surface area (Å²) in [5.74, 6) is 0.181. The van der Waals surface area contributed by atoms with Gasteiger partial charge in [0, 0.05) is 47.8 Å². The predicted molar refractivity (Wildman–Crippen MR) is 151 cm³/mol. The van der Waals surface area contributed by atoms with Gasteiger partial charge in [0.05, 0.1) is 17.8 Å². The Kier molecular flexibility index (Phi) is 8.66. The van der Waals surface area contributed by atoms with Crippen LogP contribution < -0.4 is 11.1 Å². The molecule has 2 aliphatic heterocycles. The number of nitrogens with zero attached hydrogens (tertiary/aromatic N) is 1. The van der Waals surface area contributed by atoms with Gasteiger partial charge in [0.25, 0.3) is 5.91 Å². The number of hydrogen-bond acceptors (Lipinski definition) is 4. The summed E-state index contributed by atoms with van der Waals surface area (Å²) in [6.45, 7) is 3.47. The molecule has 0 saturated carbocycles. The van der Waals surface area contributed by atoms with E-state index < -0.39 is 17.8 Å². The van der Waals surface area contributed by atoms with Gasteiger partial charge in [-0.1, -0.05) is 42.0 Å². The van der Waals surface area contributed by atoms with Crippen molar-refractivity contribution in [2.24, 2.45) is 17.6 Å². The van der Waals surface area contributed by atoms with Crippen LogP contribution in [0.2, 0.25) is 0 Å². The molecule has 5 nitrogen and oxygen atoms in total. The number of alkyl halides is 3. The van der Waals surface area contributed by atoms with Gasteiger partial charge in [0.15, 0.2) is 0 Å². The Balaban J connectivity index is 1.41. The van der Waals surface area contributed by atoms with E-state index >= 15 is 0 Å². The second-order valence-corrected chi connectivity index (χ2v) is 11.2. The molecule has 0 radical (unpaired) electrons. The van der Waals surface area contributed by atoms with Crippen LogP contribution in [0.1, 0.15) is 65.3 Å². The van der Waals surface area contributed by atoms with E-state index in [9.17, 15) is 18.0 Å². The minimum absolute atomic E-state index is 0.0203. The van der Waals surface area contributed by atoms with Crippen LogP contribution >= 0.6 is 0 Å². The highest BCUT2D eigenvalue weighted by Crippen LogP contribution is 2.49. The number of hydrogen-bond donors (Lipinski definition) is 2. The first-order valence-electron chi connectivity index (χ1n) is 14.3. The van der Waals surface area contributed by atoms with Crippen LogP contribution in [-0.2, 0) is 10.9 Å². The fourth-order valence-corrected chi connectivity index (χ4v) is 6.24. The van der Waals surface area contributed by atoms with E-state index in [1.165, 1.54) is 12.1 Å². The maximum Gasteiger partial charge on any atom is 0.416 e. The summed E-state index contributed by atoms with van der Waals surface area (Å²) in [4.78, 5) is 15.3. The second-order valence-electron chi connectivity index (χ2n) is 11.2. The molecule has 0 spiro atoms. The monoisotopic (exact) mass is 553 g/mol. The van der Waals surface area contributed by atoms with Gasteiger partial charge in [-0.25, -0.2) is 0 Å². The molecule has 1 unspecified atom stereocenters. The average Bonchev–Trinajstić information content (AvgIpc) is 2.96. The lowest BCUT2D eigenvalue weighted by Gasteiger charge is -2.48. The molecular weight excluding hydrogens is 515 g/mol. The van der Waals surface area contributed by atoms with E-state index in [4.69, 9.17) is 10.5 Å². The van der Waals surface area contributed by atoms with E-state index in [0.717, 1.165) is 43.7 Å². The number of unbranched alkanes of at least 4 members (excludes halogenated alkanes) is 1. The van der Waals surface area contributed by atoms with Crippen LogP contribution in [0.3, 0.4) is 0 Å². The number of ether oxygens (including phenoxy) is 1. The number of carbonyl (C=O) groups excluding carboxylic acids is 1. The van der Waals surface area contributed by atoms with Crippen molar-refractivity contribution in [1.29, 1.82) is 0 Å². The molecule has 0 aromatic heterocycles. The topological polar surface area (TPSA) is 67.6 Å². The molecule has 1 saturated heterocycles. The molecule has 5 atom stereocenters. The molecule has 3 aliphatic rings. The summed E-state index contributed by atoms with van der Waals surface area (Å²) < 4.78 is 47.7. The van der Waals surface area contributed by atoms with Crippen LogP contribution in [0.15, 0.2) is 66.8 Å². The first-order chi connectivity index (χ1) is 19.2. The third kappa shape index (κ3) is 6.28. The Morgan fingerprint density at radius 3 is 2.60 bits per heavy atom. The summed E-state index contributed by atoms with van der Waals surface area (Å²) in [6, 6.07) is 11.5. The number of fused-ring (bicyclic) bond motifs is 3. The van der Waals surface area contributed by atoms with Crippen LogP contribution in [0.5, 0.6) is 0 Å². The highest BCUT2D eigenvalue weighted by molar-refractivity contribution is 5.94. The van der Waals surface area contributed by atoms with Gasteiger partial charge >= 0.3 is 6.18 Å². The van der Waals surface area contributed by atoms with Crippen LogP contribution in [-0.4, -0.2) is 42.6 Å². The quantitative estimate of drug-likeness (QED) is 0.359. The highest BCUT2D eigenvalue weighted by Gasteiger charge is 2.45. The fraction of sp³-hybridized carbons (Fsp3) is 0.469. The molecule has 3 N–H and O–H groups in total. The molecule has 2 aromatic rings. The third-order valence-corrected chi connectivity index (χ3v) is 8.39. The van der Waals surface area contributed by atoms with Crippen LogP contribution in [0.4, 0.5) is 18.9 Å². The maximum atomic E-state index is 13.7. The Morgan fingerprint density at radius 1 is 1.10 bits per heavy atom. The maximum absolute atomic E-state index is 13.7. The Labute approximate surface area is 234 Å². The Morgan fingerprint density at radius 2 is 1.90 bits per heavy atom. The van der Waals surface area contributed by atoms with Crippen molar-refractivity contribution in [3.63, 3.8) is 0 Å². The molecule has 2 aromatic carbocycles. The van der Waals surface area contributed by atoms with Gasteiger partial charge in [0.1, 0.15) is 0 Å². The van der Waals surface area contributed by atoms with Crippen molar-refractivity contribution in [1.82, 2.24) is 4.90 Å². The molecule has 214 valence electrons. The molecule has 2 heterocycles. The Bertz CT molecular complexity index is 1240. The SMILES string of the molecule is Cc1ccc(C(=O)N(CCCCN)C[C@H]2CC[C@@H]3[C@H](O2)c2cc(C(F)(F)F)ccc2N[C@H]3C2C=CC=CC2)cc1. The lowest BCUT2D eigenvalue weighted by Crippen LogP contribution is -2.49. The largest absolute Gasteiger partial charge is 0.416 e. The first kappa shape index (κ1) is 28.4. The van der Waals surface area contributed by atoms with Crippen molar-refractivity contribution in [3.8, 4) is 0 Å². The van der Waals surface area contributed by atoms with E-state index in [1.807, 2.05) is 48.2 Å². The summed E-state index contributed by atoms with van der Waals surface area (Å²) >= 11 is 0. The summed E-state index contributed by atoms with van der Waals surface area (Å²) in [6.07, 6.45) is 7.15. The van der Waals surface area contributed by atoms with E-state index in [-0.39, 0.29) is 29.9 Å². The van der Waals surface area contributed by atoms with Crippen LogP contribution in [0.25, 0.3) is 0 Å². The second kappa shape index (κ2) is 12.2. The molecule has 1 aliphatic carbocycles. The van der Waals surface area contributed by atoms with Gasteiger partial charge in [-0.15, -0.1) is 0 Å². The number of rotatable bonds is 8. The molecular formula is C32H38F3N3O2. The molecule has 1 amide bonds. The fourth-order valence-electron chi connectivity index (χ4n) is 6.24. The lowest BCUT2D eigenvalue weighted by molar-refractivity contribution is -0.138. The number of nitrogens with one attached hydrogen (secondary N) is 1. The van der Waals surface area contributed by atoms with Crippen molar-refractivity contribution < 1.29 is 22.7 Å². The number of amides is 1. The first-order valence-corrected chi connectivity index (χ1v) is 14.3. The van der Waals surface area contributed by atoms with Gasteiger partial charge in [-0.2, -0.15) is 13.2 Å². The zero-order valence-electron chi connectivity index (χ0n) is 22.9. The minimum Gasteiger partial charge on any atom is -0.381 e. The third-order valence-electron chi connectivity index (χ3n) is 8.39. The van der Waals surface area contributed by atoms with Crippen LogP contribution in [0, 0.1) is 18.8 Å². The molecule has 40 heavy (non-hydrogen) atoms. The predicted octanol–water partition coefficient (Wildman–Crippen LogP) is 6.66. The Hall–Kier alpha value is -3.10. The normalized spacial score (nSPS) is 25.6. The standard InChI is InChI=1S/C32H38F3N3O2/c1-21-9-11-23(12-10-21)31(39)38(18-6-5-17-36)20-25-14-15-26-29(22-7-3-2-4-8-22)37-28-16-13-24(32(33,34)35)19-27(28)30(26)40-25/h2-4,7,9-13,16,19,22,25-26,29-30,37H,5-6,8,14-15,17-18,20,36H2,1H3/t22?,25-,26+,29+,30+/m1/s1. The number of allylic oxidation sites excluding steroid dienone is 3. The molecule has 1 fully saturated rings. The van der Waals surface area contributed by atoms with Gasteiger partial charge in [0.2, 0.25) is 0 Å². The summed E-state index contributed by atoms with van der Waals surface area (Å²) in [5, 5.41) is 3.57. The van der Waals surface area contributed by atoms with Crippen molar-refractivity contribution in [2.45, 2.75) is 63.5 Å². The number of benzene rings is 2. The highest BCUT2D eigenvalue weighted by atomic mass is 19.4. The minimum atomic E-state index is -4.44. The zero-order chi connectivity index (χ0) is 28.3. The zero-order valence-corrected chi connectivity index (χ0v) is 22.9. The van der Waals surface area contributed by atoms with E-state index in [1.54, 1.807) is 0 Å². The lowest BCUT2D eigenvalue weighted by atomic mass is 9.73. The van der Waals surface area contributed by atoms with Crippen molar-refractivity contribution in [2.75, 3.05) is 25.0 Å². The van der Waals surface area contributed by atoms with Gasteiger partial charge in [-0.05, 0) is 75.9 Å². The summed E-state index contributed by atoms with van der Waals surface area (Å²) in [5.41, 5.74) is 7.98. The van der Waals surface area contributed by atoms with Gasteiger partial charge in [-0.3, -0.25) is 4.79 Å². The number of anilines is 1. The van der Waals surface area contributed by atoms with Crippen molar-refractivity contribution >= 4 is 11.6 Å².